The number of hydrogen-bond donors (Lipinski definition) is 1. The molecule has 0 radical (unpaired) electrons. The fraction of sp³-hybridized carbons (Fsp3) is 0.167. The number of benzene rings is 1. The van der Waals surface area contributed by atoms with Crippen LogP contribution < -0.4 is 10.7 Å². The maximum atomic E-state index is 13.7. The number of halogens is 2. The Morgan fingerprint density at radius 1 is 1.19 bits per heavy atom. The molecule has 0 aliphatic carbocycles. The molecule has 1 unspecified atom stereocenters. The van der Waals surface area contributed by atoms with E-state index in [1.165, 1.54) is 12.1 Å². The van der Waals surface area contributed by atoms with E-state index in [9.17, 15) is 14.4 Å². The normalized spacial score (nSPS) is 11.9. The fourth-order valence-electron chi connectivity index (χ4n) is 3.62. The molecule has 3 aromatic heterocycles. The van der Waals surface area contributed by atoms with Crippen molar-refractivity contribution in [2.24, 2.45) is 0 Å². The molecule has 0 saturated carbocycles. The van der Waals surface area contributed by atoms with Gasteiger partial charge in [0.1, 0.15) is 22.5 Å². The highest BCUT2D eigenvalue weighted by molar-refractivity contribution is 6.29. The van der Waals surface area contributed by atoms with Crippen molar-refractivity contribution in [3.8, 4) is 17.5 Å². The molecule has 4 rings (SSSR count). The van der Waals surface area contributed by atoms with Gasteiger partial charge in [0, 0.05) is 11.1 Å². The lowest BCUT2D eigenvalue weighted by Crippen LogP contribution is -2.13. The van der Waals surface area contributed by atoms with E-state index in [1.807, 2.05) is 26.0 Å². The van der Waals surface area contributed by atoms with Crippen LogP contribution in [0.1, 0.15) is 35.3 Å². The minimum atomic E-state index is -0.664. The van der Waals surface area contributed by atoms with Crippen LogP contribution in [0.5, 0.6) is 0 Å². The summed E-state index contributed by atoms with van der Waals surface area (Å²) in [6.07, 6.45) is 0. The van der Waals surface area contributed by atoms with Crippen molar-refractivity contribution in [3.63, 3.8) is 0 Å². The third kappa shape index (κ3) is 3.93. The van der Waals surface area contributed by atoms with Crippen LogP contribution in [0.3, 0.4) is 0 Å². The zero-order chi connectivity index (χ0) is 23.0. The highest BCUT2D eigenvalue weighted by atomic mass is 35.5. The second-order valence-electron chi connectivity index (χ2n) is 7.47. The van der Waals surface area contributed by atoms with Crippen LogP contribution in [0, 0.1) is 31.1 Å². The minimum Gasteiger partial charge on any atom is -0.454 e. The molecule has 0 amide bonds. The summed E-state index contributed by atoms with van der Waals surface area (Å²) in [5.74, 6) is -0.451. The number of hydrogen-bond acceptors (Lipinski definition) is 6. The van der Waals surface area contributed by atoms with Gasteiger partial charge in [-0.1, -0.05) is 23.7 Å². The maximum absolute atomic E-state index is 13.7. The summed E-state index contributed by atoms with van der Waals surface area (Å²) >= 11 is 5.89. The van der Waals surface area contributed by atoms with Gasteiger partial charge in [0.25, 0.3) is 0 Å². The Hall–Kier alpha value is -3.76. The maximum Gasteiger partial charge on any atom is 0.213 e. The van der Waals surface area contributed by atoms with Crippen molar-refractivity contribution in [2.75, 3.05) is 5.32 Å². The van der Waals surface area contributed by atoms with E-state index in [2.05, 4.69) is 15.3 Å². The Morgan fingerprint density at radius 2 is 1.97 bits per heavy atom. The highest BCUT2D eigenvalue weighted by Crippen LogP contribution is 2.32. The van der Waals surface area contributed by atoms with Crippen LogP contribution >= 0.6 is 11.6 Å². The van der Waals surface area contributed by atoms with E-state index in [-0.39, 0.29) is 33.8 Å². The third-order valence-electron chi connectivity index (χ3n) is 5.15. The molecule has 0 bridgehead atoms. The highest BCUT2D eigenvalue weighted by Gasteiger charge is 2.20. The lowest BCUT2D eigenvalue weighted by Gasteiger charge is -2.19. The topological polar surface area (TPSA) is 91.8 Å². The Balaban J connectivity index is 1.90. The number of pyridine rings is 2. The van der Waals surface area contributed by atoms with E-state index in [1.54, 1.807) is 31.2 Å². The monoisotopic (exact) mass is 448 g/mol. The van der Waals surface area contributed by atoms with Gasteiger partial charge < -0.3 is 9.73 Å². The zero-order valence-electron chi connectivity index (χ0n) is 17.5. The average molecular weight is 449 g/mol. The first-order chi connectivity index (χ1) is 15.3. The van der Waals surface area contributed by atoms with Crippen molar-refractivity contribution >= 4 is 28.3 Å². The second kappa shape index (κ2) is 8.40. The number of aromatic nitrogens is 2. The van der Waals surface area contributed by atoms with E-state index in [0.717, 1.165) is 5.56 Å². The van der Waals surface area contributed by atoms with Gasteiger partial charge in [0.05, 0.1) is 17.1 Å². The van der Waals surface area contributed by atoms with Crippen molar-refractivity contribution in [1.29, 1.82) is 5.26 Å². The predicted octanol–water partition coefficient (Wildman–Crippen LogP) is 5.70. The summed E-state index contributed by atoms with van der Waals surface area (Å²) < 4.78 is 19.9. The van der Waals surface area contributed by atoms with Crippen LogP contribution in [-0.4, -0.2) is 9.97 Å². The molecular formula is C24H18ClFN4O2. The van der Waals surface area contributed by atoms with Crippen molar-refractivity contribution in [1.82, 2.24) is 9.97 Å². The minimum absolute atomic E-state index is 0.156. The smallest absolute Gasteiger partial charge is 0.213 e. The van der Waals surface area contributed by atoms with Crippen LogP contribution in [-0.2, 0) is 0 Å². The first-order valence-corrected chi connectivity index (χ1v) is 10.2. The van der Waals surface area contributed by atoms with Gasteiger partial charge >= 0.3 is 0 Å². The van der Waals surface area contributed by atoms with Crippen LogP contribution in [0.15, 0.2) is 51.7 Å². The Labute approximate surface area is 188 Å². The van der Waals surface area contributed by atoms with Crippen molar-refractivity contribution in [2.45, 2.75) is 26.8 Å². The molecule has 0 aliphatic heterocycles. The molecular weight excluding hydrogens is 431 g/mol. The predicted molar refractivity (Wildman–Crippen MR) is 121 cm³/mol. The van der Waals surface area contributed by atoms with Crippen LogP contribution in [0.2, 0.25) is 5.15 Å². The summed E-state index contributed by atoms with van der Waals surface area (Å²) in [6.45, 7) is 5.40. The van der Waals surface area contributed by atoms with Gasteiger partial charge in [-0.05, 0) is 56.7 Å². The standard InChI is InChI=1S/C24H18ClFN4O2/c1-12-9-15(14(3)28-17-7-8-20(25)29-19(17)11-27)24-16(10-12)22(31)13(2)23(32-24)18-5-4-6-21(26)30-18/h4-10,14,28H,1-3H3. The summed E-state index contributed by atoms with van der Waals surface area (Å²) in [4.78, 5) is 21.1. The molecule has 4 aromatic rings. The Morgan fingerprint density at radius 3 is 2.69 bits per heavy atom. The SMILES string of the molecule is Cc1cc(C(C)Nc2ccc(Cl)nc2C#N)c2oc(-c3cccc(F)n3)c(C)c(=O)c2c1. The van der Waals surface area contributed by atoms with E-state index in [0.29, 0.717) is 27.8 Å². The van der Waals surface area contributed by atoms with E-state index >= 15 is 0 Å². The largest absolute Gasteiger partial charge is 0.454 e. The molecule has 6 nitrogen and oxygen atoms in total. The molecule has 32 heavy (non-hydrogen) atoms. The van der Waals surface area contributed by atoms with E-state index < -0.39 is 5.95 Å². The second-order valence-corrected chi connectivity index (χ2v) is 7.86. The summed E-state index contributed by atoms with van der Waals surface area (Å²) in [6, 6.07) is 12.9. The van der Waals surface area contributed by atoms with E-state index in [4.69, 9.17) is 16.0 Å². The molecule has 0 aliphatic rings. The molecule has 160 valence electrons. The Bertz CT molecular complexity index is 1460. The quantitative estimate of drug-likeness (QED) is 0.402. The fourth-order valence-corrected chi connectivity index (χ4v) is 3.76. The number of nitrogens with one attached hydrogen (secondary N) is 1. The van der Waals surface area contributed by atoms with Crippen molar-refractivity contribution in [3.05, 3.63) is 86.2 Å². The molecule has 0 fully saturated rings. The molecule has 3 heterocycles. The number of anilines is 1. The van der Waals surface area contributed by atoms with Crippen molar-refractivity contribution < 1.29 is 8.81 Å². The number of nitrogens with zero attached hydrogens (tertiary/aromatic N) is 3. The summed E-state index contributed by atoms with van der Waals surface area (Å²) in [5.41, 5.74) is 2.98. The third-order valence-corrected chi connectivity index (χ3v) is 5.36. The number of nitriles is 1. The van der Waals surface area contributed by atoms with Gasteiger partial charge in [-0.3, -0.25) is 4.79 Å². The lowest BCUT2D eigenvalue weighted by atomic mass is 9.99. The first-order valence-electron chi connectivity index (χ1n) is 9.82. The zero-order valence-corrected chi connectivity index (χ0v) is 18.3. The number of rotatable bonds is 4. The number of fused-ring (bicyclic) bond motifs is 1. The summed E-state index contributed by atoms with van der Waals surface area (Å²) in [5, 5.41) is 13.3. The number of aryl methyl sites for hydroxylation is 1. The van der Waals surface area contributed by atoms with Gasteiger partial charge in [-0.2, -0.15) is 9.65 Å². The molecule has 1 atom stereocenters. The van der Waals surface area contributed by atoms with Gasteiger partial charge in [0.15, 0.2) is 16.9 Å². The van der Waals surface area contributed by atoms with Gasteiger partial charge in [0.2, 0.25) is 5.95 Å². The summed E-state index contributed by atoms with van der Waals surface area (Å²) in [7, 11) is 0. The molecule has 0 spiro atoms. The molecule has 1 N–H and O–H groups in total. The molecule has 8 heteroatoms. The lowest BCUT2D eigenvalue weighted by molar-refractivity contribution is 0.572. The molecule has 0 saturated heterocycles. The average Bonchev–Trinajstić information content (AvgIpc) is 2.77. The van der Waals surface area contributed by atoms with Crippen LogP contribution in [0.4, 0.5) is 10.1 Å². The van der Waals surface area contributed by atoms with Gasteiger partial charge in [-0.15, -0.1) is 0 Å². The Kier molecular flexibility index (Phi) is 5.64. The molecule has 1 aromatic carbocycles. The van der Waals surface area contributed by atoms with Gasteiger partial charge in [-0.25, -0.2) is 9.97 Å². The first kappa shape index (κ1) is 21.5. The van der Waals surface area contributed by atoms with Crippen LogP contribution in [0.25, 0.3) is 22.4 Å².